The summed E-state index contributed by atoms with van der Waals surface area (Å²) in [6.45, 7) is 4.27. The topological polar surface area (TPSA) is 49.3 Å². The molecule has 74 valence electrons. The number of terminal acetylenes is 1. The van der Waals surface area contributed by atoms with Crippen molar-refractivity contribution < 1.29 is 9.90 Å². The molecule has 0 spiro atoms. The van der Waals surface area contributed by atoms with Crippen LogP contribution in [0, 0.1) is 18.3 Å². The maximum Gasteiger partial charge on any atom is 0.320 e. The van der Waals surface area contributed by atoms with Gasteiger partial charge in [0, 0.05) is 0 Å². The van der Waals surface area contributed by atoms with Crippen LogP contribution in [-0.2, 0) is 4.79 Å². The van der Waals surface area contributed by atoms with Crippen LogP contribution in [-0.4, -0.2) is 23.7 Å². The van der Waals surface area contributed by atoms with Crippen LogP contribution in [0.5, 0.6) is 0 Å². The van der Waals surface area contributed by atoms with Crippen LogP contribution in [0.4, 0.5) is 0 Å². The number of rotatable bonds is 6. The third kappa shape index (κ3) is 4.54. The molecule has 3 nitrogen and oxygen atoms in total. The molecule has 2 atom stereocenters. The van der Waals surface area contributed by atoms with Gasteiger partial charge in [-0.3, -0.25) is 10.1 Å². The molecule has 2 unspecified atom stereocenters. The number of nitrogens with one attached hydrogen (secondary N) is 1. The molecule has 0 aromatic rings. The van der Waals surface area contributed by atoms with E-state index in [1.54, 1.807) is 0 Å². The summed E-state index contributed by atoms with van der Waals surface area (Å²) >= 11 is 0. The van der Waals surface area contributed by atoms with Crippen LogP contribution in [0.15, 0.2) is 0 Å². The summed E-state index contributed by atoms with van der Waals surface area (Å²) < 4.78 is 0. The normalized spacial score (nSPS) is 14.5. The Bertz CT molecular complexity index is 196. The summed E-state index contributed by atoms with van der Waals surface area (Å²) in [6.07, 6.45) is 6.93. The zero-order chi connectivity index (χ0) is 10.3. The fourth-order valence-electron chi connectivity index (χ4n) is 1.32. The van der Waals surface area contributed by atoms with Gasteiger partial charge in [-0.25, -0.2) is 0 Å². The van der Waals surface area contributed by atoms with E-state index in [9.17, 15) is 4.79 Å². The summed E-state index contributed by atoms with van der Waals surface area (Å²) in [7, 11) is 0. The minimum atomic E-state index is -0.823. The minimum absolute atomic E-state index is 0.121. The summed E-state index contributed by atoms with van der Waals surface area (Å²) in [4.78, 5) is 10.8. The molecular weight excluding hydrogens is 166 g/mol. The smallest absolute Gasteiger partial charge is 0.320 e. The average molecular weight is 183 g/mol. The van der Waals surface area contributed by atoms with Crippen molar-refractivity contribution >= 4 is 5.97 Å². The number of aliphatic carboxylic acids is 1. The molecule has 0 bridgehead atoms. The maximum absolute atomic E-state index is 10.8. The molecule has 0 amide bonds. The van der Waals surface area contributed by atoms with Crippen molar-refractivity contribution in [3.05, 3.63) is 0 Å². The van der Waals surface area contributed by atoms with Gasteiger partial charge in [-0.15, -0.1) is 6.42 Å². The Labute approximate surface area is 79.5 Å². The number of carboxylic acids is 1. The molecule has 0 saturated heterocycles. The van der Waals surface area contributed by atoms with Crippen molar-refractivity contribution in [3.63, 3.8) is 0 Å². The van der Waals surface area contributed by atoms with E-state index < -0.39 is 12.0 Å². The van der Waals surface area contributed by atoms with Crippen molar-refractivity contribution in [1.82, 2.24) is 5.32 Å². The van der Waals surface area contributed by atoms with Gasteiger partial charge < -0.3 is 5.11 Å². The lowest BCUT2D eigenvalue weighted by Gasteiger charge is -2.19. The highest BCUT2D eigenvalue weighted by atomic mass is 16.4. The van der Waals surface area contributed by atoms with Crippen LogP contribution in [0.2, 0.25) is 0 Å². The number of hydrogen-bond donors (Lipinski definition) is 2. The molecule has 0 fully saturated rings. The molecule has 13 heavy (non-hydrogen) atoms. The van der Waals surface area contributed by atoms with Crippen LogP contribution < -0.4 is 5.32 Å². The molecule has 2 N–H and O–H groups in total. The largest absolute Gasteiger partial charge is 0.480 e. The third-order valence-electron chi connectivity index (χ3n) is 2.00. The highest BCUT2D eigenvalue weighted by Gasteiger charge is 2.22. The van der Waals surface area contributed by atoms with Gasteiger partial charge in [0.15, 0.2) is 0 Å². The van der Waals surface area contributed by atoms with Crippen LogP contribution >= 0.6 is 0 Å². The molecule has 0 radical (unpaired) electrons. The molecule has 3 heteroatoms. The molecule has 0 aliphatic rings. The summed E-state index contributed by atoms with van der Waals surface area (Å²) in [5.74, 6) is 1.67. The lowest BCUT2D eigenvalue weighted by Crippen LogP contribution is -2.42. The van der Waals surface area contributed by atoms with Crippen molar-refractivity contribution in [3.8, 4) is 12.3 Å². The Morgan fingerprint density at radius 1 is 1.69 bits per heavy atom. The SMILES string of the molecule is C#CCNC(C(=O)O)C(C)CCC. The van der Waals surface area contributed by atoms with Gasteiger partial charge in [-0.2, -0.15) is 0 Å². The first-order valence-corrected chi connectivity index (χ1v) is 4.53. The van der Waals surface area contributed by atoms with E-state index in [0.29, 0.717) is 6.54 Å². The Morgan fingerprint density at radius 2 is 2.31 bits per heavy atom. The standard InChI is InChI=1S/C10H17NO2/c1-4-6-8(3)9(10(12)13)11-7-5-2/h2,8-9,11H,4,6-7H2,1,3H3,(H,12,13). The molecule has 0 aliphatic heterocycles. The Morgan fingerprint density at radius 3 is 2.69 bits per heavy atom. The Balaban J connectivity index is 4.08. The highest BCUT2D eigenvalue weighted by Crippen LogP contribution is 2.10. The molecule has 0 rings (SSSR count). The second-order valence-electron chi connectivity index (χ2n) is 3.17. The van der Waals surface area contributed by atoms with Gasteiger partial charge >= 0.3 is 5.97 Å². The van der Waals surface area contributed by atoms with Gasteiger partial charge in [0.05, 0.1) is 6.54 Å². The highest BCUT2D eigenvalue weighted by molar-refractivity contribution is 5.73. The first kappa shape index (κ1) is 12.0. The first-order valence-electron chi connectivity index (χ1n) is 4.53. The molecule has 0 aliphatic carbocycles. The zero-order valence-electron chi connectivity index (χ0n) is 8.21. The van der Waals surface area contributed by atoms with Crippen molar-refractivity contribution in [1.29, 1.82) is 0 Å². The summed E-state index contributed by atoms with van der Waals surface area (Å²) in [5, 5.41) is 11.7. The first-order chi connectivity index (χ1) is 6.13. The second-order valence-corrected chi connectivity index (χ2v) is 3.17. The average Bonchev–Trinajstić information content (AvgIpc) is 2.05. The fourth-order valence-corrected chi connectivity index (χ4v) is 1.32. The van der Waals surface area contributed by atoms with Crippen molar-refractivity contribution in [2.24, 2.45) is 5.92 Å². The van der Waals surface area contributed by atoms with E-state index in [2.05, 4.69) is 11.2 Å². The fraction of sp³-hybridized carbons (Fsp3) is 0.700. The van der Waals surface area contributed by atoms with E-state index in [4.69, 9.17) is 11.5 Å². The van der Waals surface area contributed by atoms with E-state index >= 15 is 0 Å². The maximum atomic E-state index is 10.8. The lowest BCUT2D eigenvalue weighted by atomic mass is 9.97. The predicted octanol–water partition coefficient (Wildman–Crippen LogP) is 1.10. The second kappa shape index (κ2) is 6.50. The third-order valence-corrected chi connectivity index (χ3v) is 2.00. The van der Waals surface area contributed by atoms with Gasteiger partial charge in [-0.05, 0) is 12.3 Å². The van der Waals surface area contributed by atoms with Gasteiger partial charge in [-0.1, -0.05) is 26.2 Å². The molecule has 0 saturated carbocycles. The van der Waals surface area contributed by atoms with Gasteiger partial charge in [0.25, 0.3) is 0 Å². The Hall–Kier alpha value is -1.01. The summed E-state index contributed by atoms with van der Waals surface area (Å²) in [5.41, 5.74) is 0. The van der Waals surface area contributed by atoms with Crippen molar-refractivity contribution in [2.75, 3.05) is 6.54 Å². The van der Waals surface area contributed by atoms with E-state index in [1.165, 1.54) is 0 Å². The predicted molar refractivity (Wildman–Crippen MR) is 52.3 cm³/mol. The van der Waals surface area contributed by atoms with Crippen molar-refractivity contribution in [2.45, 2.75) is 32.7 Å². The zero-order valence-corrected chi connectivity index (χ0v) is 8.21. The number of carboxylic acid groups (broad SMARTS) is 1. The quantitative estimate of drug-likeness (QED) is 0.606. The molecule has 0 aromatic heterocycles. The van der Waals surface area contributed by atoms with Gasteiger partial charge in [0.2, 0.25) is 0 Å². The molecular formula is C10H17NO2. The monoisotopic (exact) mass is 183 g/mol. The lowest BCUT2D eigenvalue weighted by molar-refractivity contribution is -0.140. The van der Waals surface area contributed by atoms with Gasteiger partial charge in [0.1, 0.15) is 6.04 Å². The number of carbonyl (C=O) groups is 1. The van der Waals surface area contributed by atoms with E-state index in [-0.39, 0.29) is 5.92 Å². The molecule has 0 aromatic carbocycles. The minimum Gasteiger partial charge on any atom is -0.480 e. The van der Waals surface area contributed by atoms with Crippen LogP contribution in [0.25, 0.3) is 0 Å². The summed E-state index contributed by atoms with van der Waals surface area (Å²) in [6, 6.07) is -0.518. The molecule has 0 heterocycles. The van der Waals surface area contributed by atoms with Crippen LogP contribution in [0.1, 0.15) is 26.7 Å². The number of hydrogen-bond acceptors (Lipinski definition) is 2. The van der Waals surface area contributed by atoms with Crippen LogP contribution in [0.3, 0.4) is 0 Å². The van der Waals surface area contributed by atoms with E-state index in [0.717, 1.165) is 12.8 Å². The van der Waals surface area contributed by atoms with E-state index in [1.807, 2.05) is 13.8 Å². The Kier molecular flexibility index (Phi) is 5.99.